The molecule has 5 heteroatoms. The number of hydrogen-bond acceptors (Lipinski definition) is 2. The molecule has 2 aromatic rings. The number of ether oxygens (including phenoxy) is 1. The lowest BCUT2D eigenvalue weighted by Gasteiger charge is -2.17. The number of hydrogen-bond donors (Lipinski definition) is 1. The highest BCUT2D eigenvalue weighted by Crippen LogP contribution is 2.33. The van der Waals surface area contributed by atoms with Gasteiger partial charge in [0, 0.05) is 10.7 Å². The molecule has 0 unspecified atom stereocenters. The molecule has 0 aromatic heterocycles. The smallest absolute Gasteiger partial charge is 0.259 e. The van der Waals surface area contributed by atoms with Gasteiger partial charge >= 0.3 is 0 Å². The van der Waals surface area contributed by atoms with Crippen LogP contribution in [0.25, 0.3) is 0 Å². The molecule has 122 valence electrons. The van der Waals surface area contributed by atoms with E-state index < -0.39 is 0 Å². The van der Waals surface area contributed by atoms with Crippen LogP contribution < -0.4 is 10.1 Å². The van der Waals surface area contributed by atoms with Crippen LogP contribution in [-0.4, -0.2) is 13.0 Å². The predicted molar refractivity (Wildman–Crippen MR) is 96.1 cm³/mol. The molecule has 3 nitrogen and oxygen atoms in total. The highest BCUT2D eigenvalue weighted by atomic mass is 35.5. The summed E-state index contributed by atoms with van der Waals surface area (Å²) in [5.41, 5.74) is 2.18. The van der Waals surface area contributed by atoms with E-state index in [1.807, 2.05) is 24.3 Å². The van der Waals surface area contributed by atoms with Crippen molar-refractivity contribution >= 4 is 34.8 Å². The number of methoxy groups -OCH3 is 1. The van der Waals surface area contributed by atoms with Crippen molar-refractivity contribution in [3.63, 3.8) is 0 Å². The summed E-state index contributed by atoms with van der Waals surface area (Å²) in [5, 5.41) is 3.63. The largest absolute Gasteiger partial charge is 0.494 e. The van der Waals surface area contributed by atoms with E-state index >= 15 is 0 Å². The lowest BCUT2D eigenvalue weighted by atomic mass is 9.96. The van der Waals surface area contributed by atoms with Crippen molar-refractivity contribution in [1.29, 1.82) is 0 Å². The molecule has 0 heterocycles. The fourth-order valence-corrected chi connectivity index (χ4v) is 2.96. The Morgan fingerprint density at radius 1 is 1.26 bits per heavy atom. The molecule has 1 N–H and O–H groups in total. The molecule has 23 heavy (non-hydrogen) atoms. The van der Waals surface area contributed by atoms with Gasteiger partial charge in [0.1, 0.15) is 5.75 Å². The monoisotopic (exact) mass is 351 g/mol. The summed E-state index contributed by atoms with van der Waals surface area (Å²) in [6, 6.07) is 10.9. The van der Waals surface area contributed by atoms with Gasteiger partial charge in [-0.2, -0.15) is 0 Å². The molecule has 0 saturated carbocycles. The maximum absolute atomic E-state index is 12.7. The molecular formula is C18H19Cl2NO2. The number of amides is 1. The Bertz CT molecular complexity index is 716. The average molecular weight is 352 g/mol. The van der Waals surface area contributed by atoms with Gasteiger partial charge in [-0.3, -0.25) is 4.79 Å². The van der Waals surface area contributed by atoms with E-state index in [1.54, 1.807) is 12.1 Å². The van der Waals surface area contributed by atoms with E-state index in [4.69, 9.17) is 27.9 Å². The van der Waals surface area contributed by atoms with Gasteiger partial charge in [-0.05, 0) is 36.1 Å². The van der Waals surface area contributed by atoms with Crippen LogP contribution in [0, 0.1) is 0 Å². The molecule has 0 aliphatic heterocycles. The summed E-state index contributed by atoms with van der Waals surface area (Å²) in [7, 11) is 1.47. The van der Waals surface area contributed by atoms with E-state index in [1.165, 1.54) is 7.11 Å². The molecule has 0 aliphatic carbocycles. The van der Waals surface area contributed by atoms with Crippen LogP contribution in [0.2, 0.25) is 10.0 Å². The van der Waals surface area contributed by atoms with Crippen molar-refractivity contribution in [2.45, 2.75) is 26.2 Å². The van der Waals surface area contributed by atoms with Crippen LogP contribution in [-0.2, 0) is 0 Å². The first kappa shape index (κ1) is 17.6. The topological polar surface area (TPSA) is 38.3 Å². The average Bonchev–Trinajstić information content (AvgIpc) is 2.54. The minimum absolute atomic E-state index is 0.304. The molecule has 0 aliphatic rings. The Kier molecular flexibility index (Phi) is 5.91. The summed E-state index contributed by atoms with van der Waals surface area (Å²) < 4.78 is 5.24. The highest BCUT2D eigenvalue weighted by Gasteiger charge is 2.18. The number of anilines is 1. The molecule has 2 aromatic carbocycles. The van der Waals surface area contributed by atoms with Crippen molar-refractivity contribution in [3.05, 3.63) is 57.6 Å². The molecule has 0 radical (unpaired) electrons. The van der Waals surface area contributed by atoms with Gasteiger partial charge in [0.15, 0.2) is 0 Å². The van der Waals surface area contributed by atoms with E-state index in [2.05, 4.69) is 19.2 Å². The Labute approximate surface area is 146 Å². The van der Waals surface area contributed by atoms with Crippen molar-refractivity contribution in [1.82, 2.24) is 0 Å². The summed E-state index contributed by atoms with van der Waals surface area (Å²) in [6.07, 6.45) is 0.985. The molecule has 0 fully saturated rings. The summed E-state index contributed by atoms with van der Waals surface area (Å²) in [4.78, 5) is 12.7. The fourth-order valence-electron chi connectivity index (χ4n) is 2.39. The van der Waals surface area contributed by atoms with Crippen LogP contribution in [0.15, 0.2) is 36.4 Å². The number of rotatable bonds is 5. The summed E-state index contributed by atoms with van der Waals surface area (Å²) in [5.74, 6) is 0.355. The predicted octanol–water partition coefficient (Wildman–Crippen LogP) is 5.77. The summed E-state index contributed by atoms with van der Waals surface area (Å²) in [6.45, 7) is 4.24. The van der Waals surface area contributed by atoms with Crippen LogP contribution in [0.3, 0.4) is 0 Å². The van der Waals surface area contributed by atoms with E-state index in [0.717, 1.165) is 17.7 Å². The van der Waals surface area contributed by atoms with Crippen molar-refractivity contribution in [2.75, 3.05) is 12.4 Å². The van der Waals surface area contributed by atoms with Crippen molar-refractivity contribution in [2.24, 2.45) is 0 Å². The van der Waals surface area contributed by atoms with Crippen molar-refractivity contribution in [3.8, 4) is 5.75 Å². The molecule has 0 spiro atoms. The Morgan fingerprint density at radius 3 is 2.61 bits per heavy atom. The molecule has 2 rings (SSSR count). The molecule has 1 atom stereocenters. The van der Waals surface area contributed by atoms with Gasteiger partial charge < -0.3 is 10.1 Å². The molecule has 1 amide bonds. The standard InChI is InChI=1S/C18H19Cl2NO2/c1-4-11(2)13-7-5-6-8-16(13)21-18(22)14-9-12(19)10-15(20)17(14)23-3/h5-11H,4H2,1-3H3,(H,21,22)/t11-/m1/s1. The van der Waals surface area contributed by atoms with Gasteiger partial charge in [0.2, 0.25) is 0 Å². The van der Waals surface area contributed by atoms with Gasteiger partial charge in [-0.15, -0.1) is 0 Å². The quantitative estimate of drug-likeness (QED) is 0.742. The SMILES string of the molecule is CC[C@@H](C)c1ccccc1NC(=O)c1cc(Cl)cc(Cl)c1OC. The minimum Gasteiger partial charge on any atom is -0.494 e. The van der Waals surface area contributed by atoms with Gasteiger partial charge in [-0.1, -0.05) is 55.2 Å². The second kappa shape index (κ2) is 7.71. The first-order valence-corrected chi connectivity index (χ1v) is 8.16. The zero-order chi connectivity index (χ0) is 17.0. The third-order valence-corrected chi connectivity index (χ3v) is 4.31. The molecular weight excluding hydrogens is 333 g/mol. The number of halogens is 2. The minimum atomic E-state index is -0.304. The second-order valence-corrected chi connectivity index (χ2v) is 6.16. The zero-order valence-corrected chi connectivity index (χ0v) is 14.8. The molecule has 0 bridgehead atoms. The number of carbonyl (C=O) groups is 1. The Morgan fingerprint density at radius 2 is 1.96 bits per heavy atom. The van der Waals surface area contributed by atoms with Gasteiger partial charge in [0.25, 0.3) is 5.91 Å². The second-order valence-electron chi connectivity index (χ2n) is 5.32. The summed E-state index contributed by atoms with van der Waals surface area (Å²) >= 11 is 12.1. The Balaban J connectivity index is 2.38. The van der Waals surface area contributed by atoms with Gasteiger partial charge in [-0.25, -0.2) is 0 Å². The van der Waals surface area contributed by atoms with E-state index in [9.17, 15) is 4.79 Å². The lowest BCUT2D eigenvalue weighted by Crippen LogP contribution is -2.15. The third-order valence-electron chi connectivity index (χ3n) is 3.81. The van der Waals surface area contributed by atoms with Crippen LogP contribution in [0.4, 0.5) is 5.69 Å². The fraction of sp³-hybridized carbons (Fsp3) is 0.278. The first-order valence-electron chi connectivity index (χ1n) is 7.41. The Hall–Kier alpha value is -1.71. The number of carbonyl (C=O) groups excluding carboxylic acids is 1. The maximum atomic E-state index is 12.7. The third kappa shape index (κ3) is 3.98. The van der Waals surface area contributed by atoms with Gasteiger partial charge in [0.05, 0.1) is 17.7 Å². The maximum Gasteiger partial charge on any atom is 0.259 e. The zero-order valence-electron chi connectivity index (χ0n) is 13.3. The first-order chi connectivity index (χ1) is 11.0. The van der Waals surface area contributed by atoms with Crippen LogP contribution >= 0.6 is 23.2 Å². The number of para-hydroxylation sites is 1. The normalized spacial score (nSPS) is 11.9. The van der Waals surface area contributed by atoms with Crippen molar-refractivity contribution < 1.29 is 9.53 Å². The molecule has 0 saturated heterocycles. The highest BCUT2D eigenvalue weighted by molar-refractivity contribution is 6.36. The van der Waals surface area contributed by atoms with E-state index in [-0.39, 0.29) is 5.91 Å². The van der Waals surface area contributed by atoms with Crippen LogP contribution in [0.1, 0.15) is 42.1 Å². The van der Waals surface area contributed by atoms with E-state index in [0.29, 0.717) is 27.3 Å². The number of nitrogens with one attached hydrogen (secondary N) is 1. The van der Waals surface area contributed by atoms with Crippen LogP contribution in [0.5, 0.6) is 5.75 Å². The lowest BCUT2D eigenvalue weighted by molar-refractivity contribution is 0.102. The number of benzene rings is 2.